The van der Waals surface area contributed by atoms with Crippen LogP contribution in [0.3, 0.4) is 0 Å². The van der Waals surface area contributed by atoms with Gasteiger partial charge in [0, 0.05) is 40.5 Å². The maximum atomic E-state index is 14.4. The Hall–Kier alpha value is -3.66. The van der Waals surface area contributed by atoms with Crippen LogP contribution in [0.25, 0.3) is 0 Å². The predicted molar refractivity (Wildman–Crippen MR) is 178 cm³/mol. The molecule has 5 rings (SSSR count). The first kappa shape index (κ1) is 31.8. The van der Waals surface area contributed by atoms with Gasteiger partial charge in [-0.15, -0.1) is 0 Å². The molecule has 0 unspecified atom stereocenters. The Bertz CT molecular complexity index is 1580. The zero-order chi connectivity index (χ0) is 30.9. The number of carbonyl (C=O) groups excluding carboxylic acids is 1. The lowest BCUT2D eigenvalue weighted by atomic mass is 9.82. The quantitative estimate of drug-likeness (QED) is 0.148. The molecule has 1 heterocycles. The second-order valence-corrected chi connectivity index (χ2v) is 12.2. The molecule has 0 saturated carbocycles. The molecular formula is C35H34Br2N2O5. The molecule has 0 aliphatic carbocycles. The number of methoxy groups -OCH3 is 1. The van der Waals surface area contributed by atoms with Crippen molar-refractivity contribution >= 4 is 43.7 Å². The van der Waals surface area contributed by atoms with E-state index in [1.807, 2.05) is 97.1 Å². The zero-order valence-electron chi connectivity index (χ0n) is 24.3. The molecule has 0 spiro atoms. The molecular weight excluding hydrogens is 688 g/mol. The minimum absolute atomic E-state index is 0.0714. The third kappa shape index (κ3) is 7.52. The Labute approximate surface area is 274 Å². The Morgan fingerprint density at radius 2 is 1.66 bits per heavy atom. The molecule has 0 bridgehead atoms. The highest BCUT2D eigenvalue weighted by Crippen LogP contribution is 2.43. The van der Waals surface area contributed by atoms with Gasteiger partial charge in [0.05, 0.1) is 13.7 Å². The molecule has 0 saturated heterocycles. The highest BCUT2D eigenvalue weighted by atomic mass is 79.9. The average Bonchev–Trinajstić information content (AvgIpc) is 3.43. The van der Waals surface area contributed by atoms with Crippen LogP contribution in [0, 0.1) is 0 Å². The third-order valence-electron chi connectivity index (χ3n) is 7.48. The van der Waals surface area contributed by atoms with Gasteiger partial charge in [-0.3, -0.25) is 4.79 Å². The maximum Gasteiger partial charge on any atom is 0.252 e. The molecule has 1 amide bonds. The molecule has 228 valence electrons. The second kappa shape index (κ2) is 14.9. The van der Waals surface area contributed by atoms with Gasteiger partial charge < -0.3 is 24.6 Å². The number of hydrogen-bond acceptors (Lipinski definition) is 6. The highest BCUT2D eigenvalue weighted by Gasteiger charge is 2.53. The number of aliphatic hydroxyl groups excluding tert-OH is 1. The number of nitrogens with zero attached hydrogens (tertiary/aromatic N) is 1. The summed E-state index contributed by atoms with van der Waals surface area (Å²) in [4.78, 5) is 19.5. The molecule has 2 N–H and O–H groups in total. The van der Waals surface area contributed by atoms with Crippen LogP contribution < -0.4 is 14.8 Å². The number of aliphatic hydroxyl groups is 1. The summed E-state index contributed by atoms with van der Waals surface area (Å²) in [7, 11) is 1.64. The maximum absolute atomic E-state index is 14.4. The van der Waals surface area contributed by atoms with Crippen molar-refractivity contribution in [3.05, 3.63) is 128 Å². The van der Waals surface area contributed by atoms with Crippen LogP contribution in [-0.2, 0) is 22.4 Å². The smallest absolute Gasteiger partial charge is 0.252 e. The minimum atomic E-state index is -1.29. The standard InChI is InChI=1S/C35H34Br2N2O5/c1-42-29-15-7-24(8-16-29)19-20-38-34(41)35(23-27-5-2-3-6-31(27)37)32(25-9-13-28(36)14-10-25)44-33(39-35)26-11-17-30(18-12-26)43-22-4-21-40/h2-3,5-18,32,40H,4,19-23H2,1H3,(H,38,41)/t32-,35-/m1/s1. The lowest BCUT2D eigenvalue weighted by molar-refractivity contribution is -0.128. The van der Waals surface area contributed by atoms with Gasteiger partial charge in [-0.25, -0.2) is 4.99 Å². The van der Waals surface area contributed by atoms with Gasteiger partial charge in [-0.05, 0) is 77.7 Å². The van der Waals surface area contributed by atoms with E-state index in [2.05, 4.69) is 37.2 Å². The third-order valence-corrected chi connectivity index (χ3v) is 8.78. The van der Waals surface area contributed by atoms with E-state index in [1.165, 1.54) is 0 Å². The van der Waals surface area contributed by atoms with E-state index < -0.39 is 11.6 Å². The fourth-order valence-corrected chi connectivity index (χ4v) is 5.81. The van der Waals surface area contributed by atoms with E-state index in [0.717, 1.165) is 36.9 Å². The lowest BCUT2D eigenvalue weighted by Crippen LogP contribution is -2.50. The van der Waals surface area contributed by atoms with E-state index in [-0.39, 0.29) is 12.5 Å². The van der Waals surface area contributed by atoms with Gasteiger partial charge >= 0.3 is 0 Å². The second-order valence-electron chi connectivity index (χ2n) is 10.5. The van der Waals surface area contributed by atoms with E-state index >= 15 is 0 Å². The molecule has 1 aliphatic rings. The minimum Gasteiger partial charge on any atom is -0.497 e. The van der Waals surface area contributed by atoms with Gasteiger partial charge in [-0.2, -0.15) is 0 Å². The monoisotopic (exact) mass is 720 g/mol. The van der Waals surface area contributed by atoms with Crippen molar-refractivity contribution in [3.8, 4) is 11.5 Å². The van der Waals surface area contributed by atoms with Gasteiger partial charge in [0.15, 0.2) is 11.6 Å². The summed E-state index contributed by atoms with van der Waals surface area (Å²) in [6.07, 6.45) is 0.838. The van der Waals surface area contributed by atoms with Crippen LogP contribution in [0.4, 0.5) is 0 Å². The zero-order valence-corrected chi connectivity index (χ0v) is 27.5. The molecule has 0 aromatic heterocycles. The summed E-state index contributed by atoms with van der Waals surface area (Å²) in [6, 6.07) is 31.0. The largest absolute Gasteiger partial charge is 0.497 e. The molecule has 9 heteroatoms. The van der Waals surface area contributed by atoms with Gasteiger partial charge in [0.25, 0.3) is 5.91 Å². The van der Waals surface area contributed by atoms with E-state index in [4.69, 9.17) is 24.3 Å². The summed E-state index contributed by atoms with van der Waals surface area (Å²) < 4.78 is 19.4. The fourth-order valence-electron chi connectivity index (χ4n) is 5.12. The van der Waals surface area contributed by atoms with Crippen molar-refractivity contribution in [2.45, 2.75) is 30.9 Å². The normalized spacial score (nSPS) is 17.5. The Morgan fingerprint density at radius 3 is 2.34 bits per heavy atom. The SMILES string of the molecule is COc1ccc(CCNC(=O)[C@]2(Cc3ccccc3Br)N=C(c3ccc(OCCCO)cc3)O[C@@H]2c2ccc(Br)cc2)cc1. The van der Waals surface area contributed by atoms with Crippen molar-refractivity contribution in [3.63, 3.8) is 0 Å². The number of nitrogens with one attached hydrogen (secondary N) is 1. The number of benzene rings is 4. The van der Waals surface area contributed by atoms with Gasteiger partial charge in [-0.1, -0.05) is 74.3 Å². The first-order valence-corrected chi connectivity index (χ1v) is 16.0. The summed E-state index contributed by atoms with van der Waals surface area (Å²) in [5.74, 6) is 1.64. The van der Waals surface area contributed by atoms with Crippen LogP contribution in [0.5, 0.6) is 11.5 Å². The summed E-state index contributed by atoms with van der Waals surface area (Å²) in [5, 5.41) is 12.2. The molecule has 7 nitrogen and oxygen atoms in total. The summed E-state index contributed by atoms with van der Waals surface area (Å²) >= 11 is 7.21. The van der Waals surface area contributed by atoms with Gasteiger partial charge in [0.2, 0.25) is 5.90 Å². The molecule has 0 fully saturated rings. The molecule has 4 aromatic rings. The Balaban J connectivity index is 1.50. The Kier molecular flexibility index (Phi) is 10.7. The highest BCUT2D eigenvalue weighted by molar-refractivity contribution is 9.10. The molecule has 44 heavy (non-hydrogen) atoms. The van der Waals surface area contributed by atoms with E-state index in [1.54, 1.807) is 7.11 Å². The molecule has 1 aliphatic heterocycles. The number of rotatable bonds is 13. The van der Waals surface area contributed by atoms with Crippen molar-refractivity contribution < 1.29 is 24.1 Å². The van der Waals surface area contributed by atoms with Gasteiger partial charge in [0.1, 0.15) is 11.5 Å². The van der Waals surface area contributed by atoms with E-state index in [0.29, 0.717) is 44.1 Å². The van der Waals surface area contributed by atoms with Crippen LogP contribution in [0.2, 0.25) is 0 Å². The van der Waals surface area contributed by atoms with Crippen molar-refractivity contribution in [2.75, 3.05) is 26.9 Å². The van der Waals surface area contributed by atoms with Crippen LogP contribution >= 0.6 is 31.9 Å². The number of ether oxygens (including phenoxy) is 3. The average molecular weight is 722 g/mol. The summed E-state index contributed by atoms with van der Waals surface area (Å²) in [5.41, 5.74) is 2.32. The lowest BCUT2D eigenvalue weighted by Gasteiger charge is -2.31. The first-order chi connectivity index (χ1) is 21.4. The number of carbonyl (C=O) groups is 1. The predicted octanol–water partition coefficient (Wildman–Crippen LogP) is 6.84. The number of halogens is 2. The van der Waals surface area contributed by atoms with Crippen LogP contribution in [0.1, 0.15) is 34.8 Å². The summed E-state index contributed by atoms with van der Waals surface area (Å²) in [6.45, 7) is 0.924. The number of hydrogen-bond donors (Lipinski definition) is 2. The molecule has 2 atom stereocenters. The molecule has 0 radical (unpaired) electrons. The van der Waals surface area contributed by atoms with Crippen molar-refractivity contribution in [1.82, 2.24) is 5.32 Å². The van der Waals surface area contributed by atoms with Crippen molar-refractivity contribution in [2.24, 2.45) is 4.99 Å². The molecule has 4 aromatic carbocycles. The van der Waals surface area contributed by atoms with Crippen LogP contribution in [0.15, 0.2) is 111 Å². The van der Waals surface area contributed by atoms with Crippen molar-refractivity contribution in [1.29, 1.82) is 0 Å². The fraction of sp³-hybridized carbons (Fsp3) is 0.257. The Morgan fingerprint density at radius 1 is 0.955 bits per heavy atom. The van der Waals surface area contributed by atoms with Crippen LogP contribution in [-0.4, -0.2) is 49.3 Å². The first-order valence-electron chi connectivity index (χ1n) is 14.4. The number of aliphatic imine (C=N–C) groups is 1. The van der Waals surface area contributed by atoms with E-state index in [9.17, 15) is 4.79 Å². The topological polar surface area (TPSA) is 89.4 Å². The number of amides is 1.